The molecule has 0 spiro atoms. The van der Waals surface area contributed by atoms with Gasteiger partial charge in [0.15, 0.2) is 12.4 Å². The van der Waals surface area contributed by atoms with Crippen molar-refractivity contribution in [2.24, 2.45) is 0 Å². The van der Waals surface area contributed by atoms with E-state index in [1.807, 2.05) is 0 Å². The predicted molar refractivity (Wildman–Crippen MR) is 64.6 cm³/mol. The fourth-order valence-corrected chi connectivity index (χ4v) is 1.71. The van der Waals surface area contributed by atoms with Crippen LogP contribution in [0.25, 0.3) is 0 Å². The summed E-state index contributed by atoms with van der Waals surface area (Å²) in [4.78, 5) is 3.99. The maximum atomic E-state index is 5.93. The van der Waals surface area contributed by atoms with E-state index in [9.17, 15) is 0 Å². The first-order valence-electron chi connectivity index (χ1n) is 4.64. The molecule has 17 heavy (non-hydrogen) atoms. The number of nitrogens with zero attached hydrogens (tertiary/aromatic N) is 2. The van der Waals surface area contributed by atoms with Gasteiger partial charge in [0.1, 0.15) is 5.75 Å². The summed E-state index contributed by atoms with van der Waals surface area (Å²) in [6.07, 6.45) is 0. The van der Waals surface area contributed by atoms with E-state index in [1.165, 1.54) is 0 Å². The topological polar surface area (TPSA) is 48.2 Å². The molecular formula is C10H7Cl3N2O2. The van der Waals surface area contributed by atoms with E-state index in [-0.39, 0.29) is 12.5 Å². The molecule has 0 saturated carbocycles. The van der Waals surface area contributed by atoms with E-state index < -0.39 is 0 Å². The minimum Gasteiger partial charge on any atom is -0.482 e. The Balaban J connectivity index is 2.02. The van der Waals surface area contributed by atoms with Crippen molar-refractivity contribution in [1.82, 2.24) is 10.1 Å². The lowest BCUT2D eigenvalue weighted by atomic mass is 10.3. The molecule has 90 valence electrons. The number of halogens is 3. The zero-order valence-corrected chi connectivity index (χ0v) is 10.8. The van der Waals surface area contributed by atoms with Gasteiger partial charge < -0.3 is 9.26 Å². The zero-order valence-electron chi connectivity index (χ0n) is 8.49. The molecule has 2 aromatic rings. The lowest BCUT2D eigenvalue weighted by Crippen LogP contribution is -1.96. The number of hydrogen-bond donors (Lipinski definition) is 0. The third-order valence-corrected chi connectivity index (χ3v) is 2.64. The molecule has 4 nitrogen and oxygen atoms in total. The van der Waals surface area contributed by atoms with Crippen LogP contribution in [0.2, 0.25) is 10.0 Å². The summed E-state index contributed by atoms with van der Waals surface area (Å²) in [5.41, 5.74) is 0. The Morgan fingerprint density at radius 3 is 2.76 bits per heavy atom. The highest BCUT2D eigenvalue weighted by atomic mass is 35.5. The van der Waals surface area contributed by atoms with Crippen LogP contribution in [0.15, 0.2) is 22.7 Å². The molecule has 0 aliphatic heterocycles. The Morgan fingerprint density at radius 1 is 1.29 bits per heavy atom. The highest BCUT2D eigenvalue weighted by Gasteiger charge is 2.08. The van der Waals surface area contributed by atoms with Crippen molar-refractivity contribution in [1.29, 1.82) is 0 Å². The van der Waals surface area contributed by atoms with Gasteiger partial charge in [-0.25, -0.2) is 0 Å². The van der Waals surface area contributed by atoms with Crippen LogP contribution in [0.5, 0.6) is 5.75 Å². The number of alkyl halides is 1. The van der Waals surface area contributed by atoms with Crippen LogP contribution in [0.4, 0.5) is 0 Å². The van der Waals surface area contributed by atoms with E-state index >= 15 is 0 Å². The van der Waals surface area contributed by atoms with Crippen molar-refractivity contribution in [3.05, 3.63) is 40.0 Å². The van der Waals surface area contributed by atoms with Gasteiger partial charge in [0.05, 0.1) is 10.9 Å². The molecule has 0 amide bonds. The molecular weight excluding hydrogens is 286 g/mol. The molecule has 0 radical (unpaired) electrons. The van der Waals surface area contributed by atoms with Crippen molar-refractivity contribution in [2.75, 3.05) is 0 Å². The third-order valence-electron chi connectivity index (χ3n) is 1.87. The molecule has 0 aliphatic carbocycles. The number of hydrogen-bond acceptors (Lipinski definition) is 4. The summed E-state index contributed by atoms with van der Waals surface area (Å²) in [7, 11) is 0. The smallest absolute Gasteiger partial charge is 0.264 e. The van der Waals surface area contributed by atoms with Gasteiger partial charge in [-0.05, 0) is 18.2 Å². The van der Waals surface area contributed by atoms with Gasteiger partial charge >= 0.3 is 0 Å². The van der Waals surface area contributed by atoms with Gasteiger partial charge in [-0.2, -0.15) is 4.98 Å². The van der Waals surface area contributed by atoms with Gasteiger partial charge in [0.25, 0.3) is 5.89 Å². The fraction of sp³-hybridized carbons (Fsp3) is 0.200. The normalized spacial score (nSPS) is 10.5. The van der Waals surface area contributed by atoms with Crippen molar-refractivity contribution in [3.8, 4) is 5.75 Å². The quantitative estimate of drug-likeness (QED) is 0.807. The van der Waals surface area contributed by atoms with E-state index in [1.54, 1.807) is 18.2 Å². The second-order valence-corrected chi connectivity index (χ2v) is 4.21. The van der Waals surface area contributed by atoms with Crippen molar-refractivity contribution >= 4 is 34.8 Å². The largest absolute Gasteiger partial charge is 0.482 e. The summed E-state index contributed by atoms with van der Waals surface area (Å²) in [5.74, 6) is 1.46. The SMILES string of the molecule is ClCc1noc(COc2ccc(Cl)cc2Cl)n1. The fourth-order valence-electron chi connectivity index (χ4n) is 1.13. The summed E-state index contributed by atoms with van der Waals surface area (Å²) < 4.78 is 10.3. The Bertz CT molecular complexity index is 516. The first kappa shape index (κ1) is 12.5. The van der Waals surface area contributed by atoms with Crippen LogP contribution >= 0.6 is 34.8 Å². The van der Waals surface area contributed by atoms with Crippen LogP contribution in [-0.2, 0) is 12.5 Å². The van der Waals surface area contributed by atoms with Crippen molar-refractivity contribution in [2.45, 2.75) is 12.5 Å². The first-order chi connectivity index (χ1) is 8.19. The average molecular weight is 294 g/mol. The molecule has 0 saturated heterocycles. The van der Waals surface area contributed by atoms with E-state index in [0.29, 0.717) is 27.5 Å². The Kier molecular flexibility index (Phi) is 4.10. The van der Waals surface area contributed by atoms with Gasteiger partial charge in [-0.1, -0.05) is 28.4 Å². The van der Waals surface area contributed by atoms with Crippen LogP contribution in [-0.4, -0.2) is 10.1 Å². The lowest BCUT2D eigenvalue weighted by Gasteiger charge is -2.05. The lowest BCUT2D eigenvalue weighted by molar-refractivity contribution is 0.242. The standard InChI is InChI=1S/C10H7Cl3N2O2/c11-4-9-14-10(17-15-9)5-16-8-2-1-6(12)3-7(8)13/h1-3H,4-5H2. The molecule has 1 aromatic carbocycles. The number of aromatic nitrogens is 2. The molecule has 1 aromatic heterocycles. The van der Waals surface area contributed by atoms with Gasteiger partial charge in [0.2, 0.25) is 0 Å². The summed E-state index contributed by atoms with van der Waals surface area (Å²) >= 11 is 17.2. The van der Waals surface area contributed by atoms with Crippen LogP contribution in [0, 0.1) is 0 Å². The first-order valence-corrected chi connectivity index (χ1v) is 5.93. The maximum Gasteiger partial charge on any atom is 0.264 e. The molecule has 0 bridgehead atoms. The summed E-state index contributed by atoms with van der Waals surface area (Å²) in [6.45, 7) is 0.130. The molecule has 7 heteroatoms. The van der Waals surface area contributed by atoms with E-state index in [0.717, 1.165) is 0 Å². The molecule has 0 unspecified atom stereocenters. The number of rotatable bonds is 4. The van der Waals surface area contributed by atoms with Crippen molar-refractivity contribution in [3.63, 3.8) is 0 Å². The molecule has 1 heterocycles. The Labute approximate surface area is 112 Å². The number of ether oxygens (including phenoxy) is 1. The minimum absolute atomic E-state index is 0.130. The van der Waals surface area contributed by atoms with E-state index in [4.69, 9.17) is 44.1 Å². The predicted octanol–water partition coefficient (Wildman–Crippen LogP) is 3.69. The Morgan fingerprint density at radius 2 is 2.12 bits per heavy atom. The highest BCUT2D eigenvalue weighted by Crippen LogP contribution is 2.27. The molecule has 0 aliphatic rings. The van der Waals surface area contributed by atoms with Crippen molar-refractivity contribution < 1.29 is 9.26 Å². The maximum absolute atomic E-state index is 5.93. The highest BCUT2D eigenvalue weighted by molar-refractivity contribution is 6.35. The minimum atomic E-state index is 0.130. The van der Waals surface area contributed by atoms with E-state index in [2.05, 4.69) is 10.1 Å². The van der Waals surface area contributed by atoms with Gasteiger partial charge in [-0.3, -0.25) is 0 Å². The molecule has 0 atom stereocenters. The van der Waals surface area contributed by atoms with Crippen LogP contribution in [0.3, 0.4) is 0 Å². The zero-order chi connectivity index (χ0) is 12.3. The molecule has 0 fully saturated rings. The Hall–Kier alpha value is -0.970. The molecule has 0 N–H and O–H groups in total. The third kappa shape index (κ3) is 3.25. The second kappa shape index (κ2) is 5.58. The summed E-state index contributed by atoms with van der Waals surface area (Å²) in [5, 5.41) is 4.60. The average Bonchev–Trinajstić information content (AvgIpc) is 2.76. The summed E-state index contributed by atoms with van der Waals surface area (Å²) in [6, 6.07) is 4.95. The monoisotopic (exact) mass is 292 g/mol. The van der Waals surface area contributed by atoms with Crippen LogP contribution < -0.4 is 4.74 Å². The second-order valence-electron chi connectivity index (χ2n) is 3.10. The van der Waals surface area contributed by atoms with Gasteiger partial charge in [0, 0.05) is 5.02 Å². The van der Waals surface area contributed by atoms with Crippen LogP contribution in [0.1, 0.15) is 11.7 Å². The van der Waals surface area contributed by atoms with Gasteiger partial charge in [-0.15, -0.1) is 11.6 Å². The molecule has 2 rings (SSSR count). The number of benzene rings is 1.